The Balaban J connectivity index is 1.79. The summed E-state index contributed by atoms with van der Waals surface area (Å²) in [6.45, 7) is 2.60. The lowest BCUT2D eigenvalue weighted by Gasteiger charge is -2.33. The molecule has 24 heavy (non-hydrogen) atoms. The molecule has 6 nitrogen and oxygen atoms in total. The summed E-state index contributed by atoms with van der Waals surface area (Å²) in [5, 5.41) is 8.66. The summed E-state index contributed by atoms with van der Waals surface area (Å²) in [6.07, 6.45) is 0. The maximum atomic E-state index is 10.7. The Bertz CT molecular complexity index is 814. The summed E-state index contributed by atoms with van der Waals surface area (Å²) >= 11 is 6.15. The maximum Gasteiger partial charge on any atom is 0.138 e. The van der Waals surface area contributed by atoms with Crippen LogP contribution in [0.3, 0.4) is 0 Å². The second-order valence-corrected chi connectivity index (χ2v) is 6.23. The molecule has 0 unspecified atom stereocenters. The van der Waals surface area contributed by atoms with Gasteiger partial charge in [0, 0.05) is 29.4 Å². The Morgan fingerprint density at radius 1 is 1.04 bits per heavy atom. The van der Waals surface area contributed by atoms with Crippen molar-refractivity contribution in [1.82, 2.24) is 9.91 Å². The predicted octanol–water partition coefficient (Wildman–Crippen LogP) is 3.77. The second-order valence-electron chi connectivity index (χ2n) is 5.79. The van der Waals surface area contributed by atoms with Crippen LogP contribution < -0.4 is 5.32 Å². The van der Waals surface area contributed by atoms with Crippen LogP contribution in [-0.4, -0.2) is 41.9 Å². The van der Waals surface area contributed by atoms with Crippen molar-refractivity contribution in [2.75, 3.05) is 31.5 Å². The van der Waals surface area contributed by atoms with Crippen LogP contribution in [-0.2, 0) is 0 Å². The molecule has 0 radical (unpaired) electrons. The predicted molar refractivity (Wildman–Crippen MR) is 96.3 cm³/mol. The molecule has 2 aliphatic rings. The van der Waals surface area contributed by atoms with Crippen molar-refractivity contribution in [2.45, 2.75) is 0 Å². The molecule has 2 aromatic rings. The summed E-state index contributed by atoms with van der Waals surface area (Å²) in [7, 11) is 0. The Morgan fingerprint density at radius 3 is 2.62 bits per heavy atom. The van der Waals surface area contributed by atoms with Gasteiger partial charge in [-0.1, -0.05) is 23.7 Å². The standard InChI is InChI=1S/C17H16ClN5O/c18-12-5-6-15-16(11-12)20-17(13-3-1-2-4-14(13)19-15)22-7-9-23(21-24)10-8-22/h1-6,11,19H,7-10H2. The SMILES string of the molecule is O=NN1CCN(C2=Nc3cc(Cl)ccc3Nc3ccccc32)CC1. The van der Waals surface area contributed by atoms with Crippen molar-refractivity contribution < 1.29 is 0 Å². The largest absolute Gasteiger partial charge is 0.353 e. The summed E-state index contributed by atoms with van der Waals surface area (Å²) in [5.74, 6) is 0.893. The third kappa shape index (κ3) is 2.69. The van der Waals surface area contributed by atoms with Gasteiger partial charge in [-0.2, -0.15) is 0 Å². The average Bonchev–Trinajstić information content (AvgIpc) is 2.78. The van der Waals surface area contributed by atoms with Crippen LogP contribution in [0, 0.1) is 4.91 Å². The molecule has 0 atom stereocenters. The zero-order chi connectivity index (χ0) is 16.5. The third-order valence-electron chi connectivity index (χ3n) is 4.29. The highest BCUT2D eigenvalue weighted by molar-refractivity contribution is 6.31. The van der Waals surface area contributed by atoms with Crippen molar-refractivity contribution in [3.63, 3.8) is 0 Å². The monoisotopic (exact) mass is 341 g/mol. The van der Waals surface area contributed by atoms with Crippen LogP contribution in [0.5, 0.6) is 0 Å². The number of hydrogen-bond donors (Lipinski definition) is 1. The molecule has 4 rings (SSSR count). The lowest BCUT2D eigenvalue weighted by atomic mass is 10.1. The van der Waals surface area contributed by atoms with Gasteiger partial charge in [-0.3, -0.25) is 5.01 Å². The van der Waals surface area contributed by atoms with E-state index in [-0.39, 0.29) is 0 Å². The number of nitroso groups, excluding NO2 is 1. The molecule has 0 spiro atoms. The first-order chi connectivity index (χ1) is 11.7. The number of piperazine rings is 1. The molecular formula is C17H16ClN5O. The number of benzene rings is 2. The van der Waals surface area contributed by atoms with Crippen molar-refractivity contribution in [3.8, 4) is 0 Å². The molecule has 0 aromatic heterocycles. The topological polar surface area (TPSA) is 60.3 Å². The minimum Gasteiger partial charge on any atom is -0.353 e. The quantitative estimate of drug-likeness (QED) is 0.802. The van der Waals surface area contributed by atoms with Gasteiger partial charge in [0.25, 0.3) is 0 Å². The van der Waals surface area contributed by atoms with Crippen LogP contribution in [0.25, 0.3) is 0 Å². The molecule has 2 heterocycles. The zero-order valence-electron chi connectivity index (χ0n) is 12.9. The highest BCUT2D eigenvalue weighted by atomic mass is 35.5. The Morgan fingerprint density at radius 2 is 1.83 bits per heavy atom. The van der Waals surface area contributed by atoms with E-state index < -0.39 is 0 Å². The van der Waals surface area contributed by atoms with Crippen LogP contribution in [0.1, 0.15) is 5.56 Å². The van der Waals surface area contributed by atoms with E-state index in [0.29, 0.717) is 31.2 Å². The van der Waals surface area contributed by atoms with E-state index in [1.165, 1.54) is 0 Å². The highest BCUT2D eigenvalue weighted by Gasteiger charge is 2.24. The minimum absolute atomic E-state index is 0.598. The van der Waals surface area contributed by atoms with E-state index >= 15 is 0 Å². The van der Waals surface area contributed by atoms with E-state index in [1.54, 1.807) is 5.01 Å². The molecule has 1 N–H and O–H groups in total. The van der Waals surface area contributed by atoms with E-state index in [2.05, 4.69) is 21.6 Å². The van der Waals surface area contributed by atoms with E-state index in [9.17, 15) is 4.91 Å². The second kappa shape index (κ2) is 6.13. The Labute approximate surface area is 144 Å². The molecule has 1 fully saturated rings. The molecule has 0 amide bonds. The number of hydrogen-bond acceptors (Lipinski definition) is 5. The fourth-order valence-corrected chi connectivity index (χ4v) is 3.21. The fraction of sp³-hybridized carbons (Fsp3) is 0.235. The molecule has 0 saturated carbocycles. The summed E-state index contributed by atoms with van der Waals surface area (Å²) < 4.78 is 0. The van der Waals surface area contributed by atoms with Gasteiger partial charge >= 0.3 is 0 Å². The molecule has 2 aliphatic heterocycles. The van der Waals surface area contributed by atoms with Gasteiger partial charge in [0.15, 0.2) is 0 Å². The van der Waals surface area contributed by atoms with Crippen LogP contribution in [0.2, 0.25) is 5.02 Å². The van der Waals surface area contributed by atoms with E-state index in [0.717, 1.165) is 28.5 Å². The number of halogens is 1. The number of amidine groups is 1. The van der Waals surface area contributed by atoms with Gasteiger partial charge in [-0.25, -0.2) is 4.99 Å². The summed E-state index contributed by atoms with van der Waals surface area (Å²) in [4.78, 5) is 17.8. The molecule has 2 aromatic carbocycles. The highest BCUT2D eigenvalue weighted by Crippen LogP contribution is 2.36. The van der Waals surface area contributed by atoms with Crippen molar-refractivity contribution in [3.05, 3.63) is 58.0 Å². The Hall–Kier alpha value is -2.60. The number of rotatable bonds is 1. The molecular weight excluding hydrogens is 326 g/mol. The lowest BCUT2D eigenvalue weighted by molar-refractivity contribution is 0.186. The number of para-hydroxylation sites is 1. The molecule has 1 saturated heterocycles. The maximum absolute atomic E-state index is 10.7. The first-order valence-corrected chi connectivity index (χ1v) is 8.20. The third-order valence-corrected chi connectivity index (χ3v) is 4.53. The lowest BCUT2D eigenvalue weighted by Crippen LogP contribution is -2.47. The van der Waals surface area contributed by atoms with Crippen LogP contribution in [0.15, 0.2) is 52.7 Å². The van der Waals surface area contributed by atoms with Crippen molar-refractivity contribution in [2.24, 2.45) is 10.3 Å². The first-order valence-electron chi connectivity index (χ1n) is 7.82. The average molecular weight is 342 g/mol. The van der Waals surface area contributed by atoms with Crippen LogP contribution >= 0.6 is 11.6 Å². The zero-order valence-corrected chi connectivity index (χ0v) is 13.7. The molecule has 0 aliphatic carbocycles. The van der Waals surface area contributed by atoms with Gasteiger partial charge in [0.1, 0.15) is 5.84 Å². The van der Waals surface area contributed by atoms with E-state index in [1.807, 2.05) is 36.4 Å². The smallest absolute Gasteiger partial charge is 0.138 e. The van der Waals surface area contributed by atoms with Gasteiger partial charge in [-0.15, -0.1) is 4.91 Å². The summed E-state index contributed by atoms with van der Waals surface area (Å²) in [6, 6.07) is 13.7. The summed E-state index contributed by atoms with van der Waals surface area (Å²) in [5.41, 5.74) is 3.78. The Kier molecular flexibility index (Phi) is 3.82. The van der Waals surface area contributed by atoms with Gasteiger partial charge < -0.3 is 10.2 Å². The van der Waals surface area contributed by atoms with Gasteiger partial charge in [0.2, 0.25) is 0 Å². The van der Waals surface area contributed by atoms with E-state index in [4.69, 9.17) is 16.6 Å². The van der Waals surface area contributed by atoms with Crippen molar-refractivity contribution in [1.29, 1.82) is 0 Å². The first kappa shape index (κ1) is 15.0. The molecule has 0 bridgehead atoms. The molecule has 7 heteroatoms. The number of nitrogens with one attached hydrogen (secondary N) is 1. The minimum atomic E-state index is 0.598. The number of fused-ring (bicyclic) bond motifs is 2. The normalized spacial score (nSPS) is 16.5. The fourth-order valence-electron chi connectivity index (χ4n) is 3.04. The van der Waals surface area contributed by atoms with Crippen molar-refractivity contribution >= 4 is 34.5 Å². The molecule has 122 valence electrons. The number of anilines is 2. The van der Waals surface area contributed by atoms with Gasteiger partial charge in [-0.05, 0) is 30.3 Å². The van der Waals surface area contributed by atoms with Gasteiger partial charge in [0.05, 0.1) is 29.8 Å². The number of aliphatic imine (C=N–C) groups is 1. The van der Waals surface area contributed by atoms with Crippen LogP contribution in [0.4, 0.5) is 17.1 Å². The number of nitrogens with zero attached hydrogens (tertiary/aromatic N) is 4.